The molecular formula is C7H13N. The largest absolute Gasteiger partial charge is 0.314 e. The lowest BCUT2D eigenvalue weighted by Crippen LogP contribution is -2.23. The van der Waals surface area contributed by atoms with Crippen LogP contribution in [0.15, 0.2) is 12.2 Å². The van der Waals surface area contributed by atoms with Gasteiger partial charge in [-0.25, -0.2) is 0 Å². The number of likely N-dealkylation sites (N-methyl/N-ethyl adjacent to an activating group) is 1. The van der Waals surface area contributed by atoms with Crippen LogP contribution >= 0.6 is 0 Å². The summed E-state index contributed by atoms with van der Waals surface area (Å²) in [6, 6.07) is 0.656. The summed E-state index contributed by atoms with van der Waals surface area (Å²) in [6.45, 7) is 0. The molecule has 1 aliphatic carbocycles. The third kappa shape index (κ3) is 1.34. The Balaban J connectivity index is 2.32. The van der Waals surface area contributed by atoms with E-state index in [1.54, 1.807) is 0 Å². The van der Waals surface area contributed by atoms with E-state index in [4.69, 9.17) is 0 Å². The summed E-state index contributed by atoms with van der Waals surface area (Å²) in [4.78, 5) is 0. The lowest BCUT2D eigenvalue weighted by atomic mass is 10.0. The summed E-state index contributed by atoms with van der Waals surface area (Å²) in [5.41, 5.74) is 0. The van der Waals surface area contributed by atoms with Crippen LogP contribution in [-0.2, 0) is 0 Å². The van der Waals surface area contributed by atoms with Gasteiger partial charge in [-0.05, 0) is 26.3 Å². The molecule has 1 atom stereocenters. The van der Waals surface area contributed by atoms with Crippen molar-refractivity contribution in [2.75, 3.05) is 7.05 Å². The first-order chi connectivity index (χ1) is 3.93. The minimum atomic E-state index is 0.656. The molecule has 0 radical (unpaired) electrons. The standard InChI is InChI=1S/C7H13N/c1-8-7-5-3-2-4-6-7/h3,5,7-8H,2,4,6H2,1H3. The first-order valence-corrected chi connectivity index (χ1v) is 3.27. The summed E-state index contributed by atoms with van der Waals surface area (Å²) in [6.07, 6.45) is 8.45. The van der Waals surface area contributed by atoms with Gasteiger partial charge in [0.15, 0.2) is 0 Å². The van der Waals surface area contributed by atoms with Crippen molar-refractivity contribution in [2.45, 2.75) is 25.3 Å². The molecule has 1 aliphatic rings. The lowest BCUT2D eigenvalue weighted by Gasteiger charge is -2.13. The van der Waals surface area contributed by atoms with Crippen LogP contribution in [0.1, 0.15) is 19.3 Å². The van der Waals surface area contributed by atoms with E-state index >= 15 is 0 Å². The second-order valence-corrected chi connectivity index (χ2v) is 2.25. The van der Waals surface area contributed by atoms with Crippen LogP contribution in [0.2, 0.25) is 0 Å². The summed E-state index contributed by atoms with van der Waals surface area (Å²) in [5.74, 6) is 0. The smallest absolute Gasteiger partial charge is 0.0247 e. The van der Waals surface area contributed by atoms with Gasteiger partial charge in [0.1, 0.15) is 0 Å². The van der Waals surface area contributed by atoms with Crippen LogP contribution in [0.5, 0.6) is 0 Å². The third-order valence-corrected chi connectivity index (χ3v) is 1.63. The molecule has 0 aliphatic heterocycles. The minimum Gasteiger partial charge on any atom is -0.314 e. The van der Waals surface area contributed by atoms with Crippen molar-refractivity contribution in [2.24, 2.45) is 0 Å². The molecule has 1 N–H and O–H groups in total. The monoisotopic (exact) mass is 111 g/mol. The normalized spacial score (nSPS) is 28.4. The maximum absolute atomic E-state index is 3.22. The van der Waals surface area contributed by atoms with Crippen molar-refractivity contribution in [3.63, 3.8) is 0 Å². The molecule has 0 spiro atoms. The molecule has 1 nitrogen and oxygen atoms in total. The van der Waals surface area contributed by atoms with E-state index in [-0.39, 0.29) is 0 Å². The number of hydrogen-bond acceptors (Lipinski definition) is 1. The van der Waals surface area contributed by atoms with E-state index in [9.17, 15) is 0 Å². The molecule has 0 bridgehead atoms. The average molecular weight is 111 g/mol. The molecule has 0 aromatic rings. The van der Waals surface area contributed by atoms with Gasteiger partial charge < -0.3 is 5.32 Å². The summed E-state index contributed by atoms with van der Waals surface area (Å²) in [7, 11) is 2.01. The Morgan fingerprint density at radius 2 is 2.50 bits per heavy atom. The molecule has 0 amide bonds. The Morgan fingerprint density at radius 3 is 2.88 bits per heavy atom. The molecule has 8 heavy (non-hydrogen) atoms. The molecule has 0 fully saturated rings. The first kappa shape index (κ1) is 5.83. The van der Waals surface area contributed by atoms with E-state index in [0.29, 0.717) is 6.04 Å². The fourth-order valence-electron chi connectivity index (χ4n) is 1.05. The van der Waals surface area contributed by atoms with E-state index < -0.39 is 0 Å². The predicted octanol–water partition coefficient (Wildman–Crippen LogP) is 1.31. The first-order valence-electron chi connectivity index (χ1n) is 3.27. The highest BCUT2D eigenvalue weighted by Crippen LogP contribution is 2.08. The van der Waals surface area contributed by atoms with Gasteiger partial charge in [-0.2, -0.15) is 0 Å². The van der Waals surface area contributed by atoms with Crippen molar-refractivity contribution in [3.8, 4) is 0 Å². The maximum Gasteiger partial charge on any atom is 0.0247 e. The molecule has 0 saturated carbocycles. The molecule has 46 valence electrons. The highest BCUT2D eigenvalue weighted by atomic mass is 14.9. The van der Waals surface area contributed by atoms with E-state index in [0.717, 1.165) is 0 Å². The second-order valence-electron chi connectivity index (χ2n) is 2.25. The zero-order valence-corrected chi connectivity index (χ0v) is 5.35. The highest BCUT2D eigenvalue weighted by Gasteiger charge is 2.02. The van der Waals surface area contributed by atoms with Crippen LogP contribution in [0.3, 0.4) is 0 Å². The third-order valence-electron chi connectivity index (χ3n) is 1.63. The Kier molecular flexibility index (Phi) is 2.10. The predicted molar refractivity (Wildman–Crippen MR) is 35.8 cm³/mol. The van der Waals surface area contributed by atoms with Crippen LogP contribution in [-0.4, -0.2) is 13.1 Å². The van der Waals surface area contributed by atoms with Crippen LogP contribution < -0.4 is 5.32 Å². The lowest BCUT2D eigenvalue weighted by molar-refractivity contribution is 0.567. The Morgan fingerprint density at radius 1 is 1.62 bits per heavy atom. The number of rotatable bonds is 1. The highest BCUT2D eigenvalue weighted by molar-refractivity contribution is 4.96. The zero-order chi connectivity index (χ0) is 5.82. The molecular weight excluding hydrogens is 98.1 g/mol. The maximum atomic E-state index is 3.22. The van der Waals surface area contributed by atoms with Crippen molar-refractivity contribution in [1.29, 1.82) is 0 Å². The summed E-state index contributed by atoms with van der Waals surface area (Å²) in [5, 5.41) is 3.22. The minimum absolute atomic E-state index is 0.656. The topological polar surface area (TPSA) is 12.0 Å². The van der Waals surface area contributed by atoms with Crippen molar-refractivity contribution < 1.29 is 0 Å². The van der Waals surface area contributed by atoms with Crippen molar-refractivity contribution >= 4 is 0 Å². The van der Waals surface area contributed by atoms with E-state index in [1.807, 2.05) is 7.05 Å². The van der Waals surface area contributed by atoms with Gasteiger partial charge in [0.2, 0.25) is 0 Å². The van der Waals surface area contributed by atoms with E-state index in [2.05, 4.69) is 17.5 Å². The number of nitrogens with one attached hydrogen (secondary N) is 1. The summed E-state index contributed by atoms with van der Waals surface area (Å²) >= 11 is 0. The number of allylic oxidation sites excluding steroid dienone is 1. The van der Waals surface area contributed by atoms with Gasteiger partial charge in [-0.1, -0.05) is 12.2 Å². The summed E-state index contributed by atoms with van der Waals surface area (Å²) < 4.78 is 0. The molecule has 0 aromatic carbocycles. The fraction of sp³-hybridized carbons (Fsp3) is 0.714. The van der Waals surface area contributed by atoms with Gasteiger partial charge in [-0.3, -0.25) is 0 Å². The van der Waals surface area contributed by atoms with Crippen LogP contribution in [0.25, 0.3) is 0 Å². The SMILES string of the molecule is CNC1C=CCCC1. The molecule has 1 heteroatoms. The van der Waals surface area contributed by atoms with Gasteiger partial charge >= 0.3 is 0 Å². The van der Waals surface area contributed by atoms with Crippen molar-refractivity contribution in [1.82, 2.24) is 5.32 Å². The van der Waals surface area contributed by atoms with Gasteiger partial charge in [0.25, 0.3) is 0 Å². The fourth-order valence-corrected chi connectivity index (χ4v) is 1.05. The van der Waals surface area contributed by atoms with Crippen LogP contribution in [0, 0.1) is 0 Å². The van der Waals surface area contributed by atoms with Gasteiger partial charge in [0.05, 0.1) is 0 Å². The van der Waals surface area contributed by atoms with Gasteiger partial charge in [-0.15, -0.1) is 0 Å². The van der Waals surface area contributed by atoms with Crippen LogP contribution in [0.4, 0.5) is 0 Å². The average Bonchev–Trinajstić information content (AvgIpc) is 1.90. The second kappa shape index (κ2) is 2.88. The molecule has 1 unspecified atom stereocenters. The zero-order valence-electron chi connectivity index (χ0n) is 5.35. The number of hydrogen-bond donors (Lipinski definition) is 1. The van der Waals surface area contributed by atoms with Crippen molar-refractivity contribution in [3.05, 3.63) is 12.2 Å². The molecule has 0 heterocycles. The quantitative estimate of drug-likeness (QED) is 0.503. The van der Waals surface area contributed by atoms with Gasteiger partial charge in [0, 0.05) is 6.04 Å². The molecule has 0 aromatic heterocycles. The Labute approximate surface area is 50.8 Å². The van der Waals surface area contributed by atoms with E-state index in [1.165, 1.54) is 19.3 Å². The molecule has 1 rings (SSSR count). The Hall–Kier alpha value is -0.300. The molecule has 0 saturated heterocycles. The Bertz CT molecular complexity index is 86.4.